The molecule has 0 fully saturated rings. The van der Waals surface area contributed by atoms with Crippen LogP contribution in [0.4, 0.5) is 5.69 Å². The standard InChI is InChI=1S/C11H15NO2/c1-3-8(2)11(13)14-10-6-4-9(12)5-7-10/h4-8H,3,12H2,1-2H3. The zero-order valence-electron chi connectivity index (χ0n) is 8.49. The van der Waals surface area contributed by atoms with Crippen LogP contribution < -0.4 is 10.5 Å². The van der Waals surface area contributed by atoms with Crippen molar-refractivity contribution >= 4 is 11.7 Å². The number of nitrogen functional groups attached to an aromatic ring is 1. The molecule has 1 rings (SSSR count). The number of ether oxygens (including phenoxy) is 1. The van der Waals surface area contributed by atoms with Gasteiger partial charge in [0.05, 0.1) is 5.92 Å². The van der Waals surface area contributed by atoms with Crippen LogP contribution in [0.15, 0.2) is 24.3 Å². The molecule has 0 aliphatic heterocycles. The summed E-state index contributed by atoms with van der Waals surface area (Å²) in [6, 6.07) is 6.80. The monoisotopic (exact) mass is 193 g/mol. The summed E-state index contributed by atoms with van der Waals surface area (Å²) in [7, 11) is 0. The molecule has 2 N–H and O–H groups in total. The van der Waals surface area contributed by atoms with E-state index in [0.717, 1.165) is 6.42 Å². The highest BCUT2D eigenvalue weighted by atomic mass is 16.5. The zero-order chi connectivity index (χ0) is 10.6. The summed E-state index contributed by atoms with van der Waals surface area (Å²) in [6.07, 6.45) is 0.786. The second-order valence-corrected chi connectivity index (χ2v) is 3.30. The summed E-state index contributed by atoms with van der Waals surface area (Å²) >= 11 is 0. The van der Waals surface area contributed by atoms with Gasteiger partial charge >= 0.3 is 5.97 Å². The fourth-order valence-corrected chi connectivity index (χ4v) is 0.919. The van der Waals surface area contributed by atoms with Crippen LogP contribution in [-0.2, 0) is 4.79 Å². The van der Waals surface area contributed by atoms with Crippen LogP contribution in [0.25, 0.3) is 0 Å². The van der Waals surface area contributed by atoms with Gasteiger partial charge in [0.15, 0.2) is 0 Å². The lowest BCUT2D eigenvalue weighted by atomic mass is 10.1. The van der Waals surface area contributed by atoms with Gasteiger partial charge in [-0.2, -0.15) is 0 Å². The van der Waals surface area contributed by atoms with Crippen LogP contribution in [0.5, 0.6) is 5.75 Å². The van der Waals surface area contributed by atoms with E-state index in [1.807, 2.05) is 13.8 Å². The number of hydrogen-bond donors (Lipinski definition) is 1. The van der Waals surface area contributed by atoms with E-state index in [1.165, 1.54) is 0 Å². The number of benzene rings is 1. The minimum absolute atomic E-state index is 0.0625. The van der Waals surface area contributed by atoms with Crippen molar-refractivity contribution in [1.82, 2.24) is 0 Å². The van der Waals surface area contributed by atoms with Crippen LogP contribution >= 0.6 is 0 Å². The first kappa shape index (κ1) is 10.6. The molecule has 0 aliphatic carbocycles. The van der Waals surface area contributed by atoms with E-state index in [4.69, 9.17) is 10.5 Å². The Morgan fingerprint density at radius 2 is 2.00 bits per heavy atom. The maximum atomic E-state index is 11.4. The lowest BCUT2D eigenvalue weighted by Crippen LogP contribution is -2.16. The van der Waals surface area contributed by atoms with Crippen LogP contribution in [0.1, 0.15) is 20.3 Å². The van der Waals surface area contributed by atoms with E-state index in [9.17, 15) is 4.79 Å². The van der Waals surface area contributed by atoms with Crippen molar-refractivity contribution in [2.45, 2.75) is 20.3 Å². The van der Waals surface area contributed by atoms with E-state index in [0.29, 0.717) is 11.4 Å². The lowest BCUT2D eigenvalue weighted by molar-refractivity contribution is -0.138. The summed E-state index contributed by atoms with van der Waals surface area (Å²) in [4.78, 5) is 11.4. The van der Waals surface area contributed by atoms with Gasteiger partial charge in [-0.05, 0) is 30.7 Å². The first-order valence-corrected chi connectivity index (χ1v) is 4.70. The number of anilines is 1. The predicted octanol–water partition coefficient (Wildman–Crippen LogP) is 2.22. The minimum atomic E-state index is -0.197. The number of nitrogens with two attached hydrogens (primary N) is 1. The molecule has 3 heteroatoms. The Balaban J connectivity index is 2.60. The largest absolute Gasteiger partial charge is 0.426 e. The second kappa shape index (κ2) is 4.65. The van der Waals surface area contributed by atoms with Crippen molar-refractivity contribution < 1.29 is 9.53 Å². The molecule has 14 heavy (non-hydrogen) atoms. The summed E-state index contributed by atoms with van der Waals surface area (Å²) in [6.45, 7) is 3.80. The van der Waals surface area contributed by atoms with Crippen molar-refractivity contribution in [3.05, 3.63) is 24.3 Å². The van der Waals surface area contributed by atoms with Crippen LogP contribution in [0, 0.1) is 5.92 Å². The Bertz CT molecular complexity index is 306. The Morgan fingerprint density at radius 3 is 2.50 bits per heavy atom. The molecule has 1 unspecified atom stereocenters. The molecule has 1 aromatic carbocycles. The van der Waals surface area contributed by atoms with E-state index < -0.39 is 0 Å². The topological polar surface area (TPSA) is 52.3 Å². The minimum Gasteiger partial charge on any atom is -0.426 e. The van der Waals surface area contributed by atoms with Gasteiger partial charge < -0.3 is 10.5 Å². The van der Waals surface area contributed by atoms with E-state index >= 15 is 0 Å². The number of rotatable bonds is 3. The molecular weight excluding hydrogens is 178 g/mol. The predicted molar refractivity (Wildman–Crippen MR) is 55.9 cm³/mol. The third-order valence-electron chi connectivity index (χ3n) is 2.11. The lowest BCUT2D eigenvalue weighted by Gasteiger charge is -2.08. The summed E-state index contributed by atoms with van der Waals surface area (Å²) in [5.74, 6) is 0.286. The molecule has 0 amide bonds. The second-order valence-electron chi connectivity index (χ2n) is 3.30. The smallest absolute Gasteiger partial charge is 0.314 e. The SMILES string of the molecule is CCC(C)C(=O)Oc1ccc(N)cc1. The van der Waals surface area contributed by atoms with Gasteiger partial charge in [-0.3, -0.25) is 4.79 Å². The molecular formula is C11H15NO2. The number of hydrogen-bond acceptors (Lipinski definition) is 3. The average Bonchev–Trinajstić information content (AvgIpc) is 2.20. The molecule has 0 saturated heterocycles. The molecule has 1 aromatic rings. The molecule has 0 bridgehead atoms. The van der Waals surface area contributed by atoms with Crippen LogP contribution in [0.3, 0.4) is 0 Å². The highest BCUT2D eigenvalue weighted by Gasteiger charge is 2.12. The number of esters is 1. The van der Waals surface area contributed by atoms with Crippen molar-refractivity contribution in [3.63, 3.8) is 0 Å². The first-order valence-electron chi connectivity index (χ1n) is 4.70. The van der Waals surface area contributed by atoms with Gasteiger partial charge in [-0.15, -0.1) is 0 Å². The number of carbonyl (C=O) groups excluding carboxylic acids is 1. The maximum Gasteiger partial charge on any atom is 0.314 e. The highest BCUT2D eigenvalue weighted by molar-refractivity contribution is 5.74. The van der Waals surface area contributed by atoms with Gasteiger partial charge in [0.1, 0.15) is 5.75 Å². The van der Waals surface area contributed by atoms with Crippen LogP contribution in [0.2, 0.25) is 0 Å². The van der Waals surface area contributed by atoms with Gasteiger partial charge in [-0.25, -0.2) is 0 Å². The maximum absolute atomic E-state index is 11.4. The Morgan fingerprint density at radius 1 is 1.43 bits per heavy atom. The van der Waals surface area contributed by atoms with E-state index in [2.05, 4.69) is 0 Å². The molecule has 0 spiro atoms. The highest BCUT2D eigenvalue weighted by Crippen LogP contribution is 2.15. The zero-order valence-corrected chi connectivity index (χ0v) is 8.49. The molecule has 0 saturated carbocycles. The third kappa shape index (κ3) is 2.76. The van der Waals surface area contributed by atoms with Crippen molar-refractivity contribution in [1.29, 1.82) is 0 Å². The molecule has 0 radical (unpaired) electrons. The summed E-state index contributed by atoms with van der Waals surface area (Å²) in [5, 5.41) is 0. The van der Waals surface area contributed by atoms with Gasteiger partial charge in [0, 0.05) is 5.69 Å². The molecule has 0 aromatic heterocycles. The Labute approximate surface area is 83.9 Å². The normalized spacial score (nSPS) is 12.1. The molecule has 1 atom stereocenters. The van der Waals surface area contributed by atoms with Gasteiger partial charge in [-0.1, -0.05) is 13.8 Å². The molecule has 76 valence electrons. The fraction of sp³-hybridized carbons (Fsp3) is 0.364. The Kier molecular flexibility index (Phi) is 3.51. The molecule has 3 nitrogen and oxygen atoms in total. The van der Waals surface area contributed by atoms with Gasteiger partial charge in [0.25, 0.3) is 0 Å². The van der Waals surface area contributed by atoms with E-state index in [-0.39, 0.29) is 11.9 Å². The van der Waals surface area contributed by atoms with Crippen molar-refractivity contribution in [2.75, 3.05) is 5.73 Å². The fourth-order valence-electron chi connectivity index (χ4n) is 0.919. The van der Waals surface area contributed by atoms with Gasteiger partial charge in [0.2, 0.25) is 0 Å². The third-order valence-corrected chi connectivity index (χ3v) is 2.11. The molecule has 0 aliphatic rings. The van der Waals surface area contributed by atoms with Crippen LogP contribution in [-0.4, -0.2) is 5.97 Å². The number of carbonyl (C=O) groups is 1. The summed E-state index contributed by atoms with van der Waals surface area (Å²) in [5.41, 5.74) is 6.16. The first-order chi connectivity index (χ1) is 6.63. The summed E-state index contributed by atoms with van der Waals surface area (Å²) < 4.78 is 5.13. The quantitative estimate of drug-likeness (QED) is 0.455. The average molecular weight is 193 g/mol. The van der Waals surface area contributed by atoms with Crippen molar-refractivity contribution in [2.24, 2.45) is 5.92 Å². The van der Waals surface area contributed by atoms with Crippen molar-refractivity contribution in [3.8, 4) is 5.75 Å². The Hall–Kier alpha value is -1.51. The molecule has 0 heterocycles. The van der Waals surface area contributed by atoms with E-state index in [1.54, 1.807) is 24.3 Å².